The van der Waals surface area contributed by atoms with Crippen LogP contribution in [0, 0.1) is 17.0 Å². The second-order valence-corrected chi connectivity index (χ2v) is 5.12. The molecular weight excluding hydrogens is 326 g/mol. The van der Waals surface area contributed by atoms with Gasteiger partial charge in [0.05, 0.1) is 4.92 Å². The fraction of sp³-hybridized carbons (Fsp3) is 0.154. The maximum absolute atomic E-state index is 11.1. The summed E-state index contributed by atoms with van der Waals surface area (Å²) < 4.78 is 6.21. The van der Waals surface area contributed by atoms with Crippen molar-refractivity contribution in [3.8, 4) is 5.75 Å². The predicted molar refractivity (Wildman–Crippen MR) is 78.5 cm³/mol. The summed E-state index contributed by atoms with van der Waals surface area (Å²) >= 11 is 3.24. The molecule has 7 heteroatoms. The Labute approximate surface area is 123 Å². The summed E-state index contributed by atoms with van der Waals surface area (Å²) in [4.78, 5) is 14.5. The van der Waals surface area contributed by atoms with Crippen molar-refractivity contribution in [1.29, 1.82) is 0 Å². The van der Waals surface area contributed by atoms with Crippen LogP contribution in [0.1, 0.15) is 11.1 Å². The molecule has 0 bridgehead atoms. The molecule has 0 aliphatic heterocycles. The maximum Gasteiger partial charge on any atom is 0.312 e. The van der Waals surface area contributed by atoms with Gasteiger partial charge < -0.3 is 10.5 Å². The molecule has 0 atom stereocenters. The van der Waals surface area contributed by atoms with Gasteiger partial charge in [-0.25, -0.2) is 4.98 Å². The van der Waals surface area contributed by atoms with Gasteiger partial charge in [0.2, 0.25) is 0 Å². The highest BCUT2D eigenvalue weighted by atomic mass is 79.9. The number of aryl methyl sites for hydroxylation is 1. The summed E-state index contributed by atoms with van der Waals surface area (Å²) in [5.41, 5.74) is 6.90. The third kappa shape index (κ3) is 3.24. The molecule has 0 saturated heterocycles. The molecule has 2 rings (SSSR count). The first-order chi connectivity index (χ1) is 9.47. The quantitative estimate of drug-likeness (QED) is 0.683. The number of nitrogens with two attached hydrogens (primary N) is 1. The van der Waals surface area contributed by atoms with Crippen LogP contribution in [0.4, 0.5) is 11.5 Å². The monoisotopic (exact) mass is 337 g/mol. The highest BCUT2D eigenvalue weighted by Crippen LogP contribution is 2.34. The number of benzene rings is 1. The number of nitrogen functional groups attached to an aromatic ring is 1. The third-order valence-corrected chi connectivity index (χ3v) is 3.11. The number of anilines is 1. The summed E-state index contributed by atoms with van der Waals surface area (Å²) in [6.45, 7) is 1.95. The zero-order chi connectivity index (χ0) is 14.7. The molecule has 1 aromatic carbocycles. The molecule has 1 heterocycles. The smallest absolute Gasteiger partial charge is 0.312 e. The van der Waals surface area contributed by atoms with Gasteiger partial charge in [0, 0.05) is 22.3 Å². The molecule has 0 saturated carbocycles. The van der Waals surface area contributed by atoms with Crippen molar-refractivity contribution >= 4 is 27.4 Å². The van der Waals surface area contributed by atoms with Gasteiger partial charge in [-0.3, -0.25) is 10.1 Å². The van der Waals surface area contributed by atoms with Gasteiger partial charge in [-0.05, 0) is 24.6 Å². The Kier molecular flexibility index (Phi) is 4.19. The SMILES string of the molecule is Cc1cc(Br)cc([N+](=O)[O-])c1OCc1ccc(N)nc1. The van der Waals surface area contributed by atoms with E-state index in [9.17, 15) is 10.1 Å². The Bertz CT molecular complexity index is 644. The van der Waals surface area contributed by atoms with E-state index in [0.717, 1.165) is 5.56 Å². The number of hydrogen-bond acceptors (Lipinski definition) is 5. The topological polar surface area (TPSA) is 91.3 Å². The Hall–Kier alpha value is -2.15. The highest BCUT2D eigenvalue weighted by Gasteiger charge is 2.19. The Balaban J connectivity index is 2.24. The first-order valence-electron chi connectivity index (χ1n) is 5.75. The van der Waals surface area contributed by atoms with Gasteiger partial charge in [0.1, 0.15) is 12.4 Å². The molecule has 0 unspecified atom stereocenters. The first kappa shape index (κ1) is 14.3. The molecule has 0 fully saturated rings. The third-order valence-electron chi connectivity index (χ3n) is 2.65. The van der Waals surface area contributed by atoms with Crippen LogP contribution < -0.4 is 10.5 Å². The van der Waals surface area contributed by atoms with Crippen LogP contribution in [-0.4, -0.2) is 9.91 Å². The number of ether oxygens (including phenoxy) is 1. The van der Waals surface area contributed by atoms with Crippen molar-refractivity contribution in [2.45, 2.75) is 13.5 Å². The van der Waals surface area contributed by atoms with Gasteiger partial charge >= 0.3 is 5.69 Å². The van der Waals surface area contributed by atoms with Crippen LogP contribution in [0.15, 0.2) is 34.9 Å². The number of rotatable bonds is 4. The number of aromatic nitrogens is 1. The average molecular weight is 338 g/mol. The molecule has 2 aromatic rings. The van der Waals surface area contributed by atoms with E-state index in [1.54, 1.807) is 31.3 Å². The standard InChI is InChI=1S/C13H12BrN3O3/c1-8-4-10(14)5-11(17(18)19)13(8)20-7-9-2-3-12(15)16-6-9/h2-6H,7H2,1H3,(H2,15,16). The zero-order valence-electron chi connectivity index (χ0n) is 10.7. The number of nitro groups is 1. The van der Waals surface area contributed by atoms with Gasteiger partial charge in [0.25, 0.3) is 0 Å². The van der Waals surface area contributed by atoms with Crippen molar-refractivity contribution in [2.75, 3.05) is 5.73 Å². The molecule has 0 aliphatic rings. The lowest BCUT2D eigenvalue weighted by molar-refractivity contribution is -0.386. The fourth-order valence-electron chi connectivity index (χ4n) is 1.71. The Morgan fingerprint density at radius 1 is 1.45 bits per heavy atom. The molecule has 1 aromatic heterocycles. The average Bonchev–Trinajstić information content (AvgIpc) is 2.38. The second-order valence-electron chi connectivity index (χ2n) is 4.21. The minimum Gasteiger partial charge on any atom is -0.482 e. The van der Waals surface area contributed by atoms with Gasteiger partial charge in [-0.1, -0.05) is 22.0 Å². The van der Waals surface area contributed by atoms with Crippen molar-refractivity contribution in [3.05, 3.63) is 56.2 Å². The van der Waals surface area contributed by atoms with Crippen molar-refractivity contribution in [2.24, 2.45) is 0 Å². The largest absolute Gasteiger partial charge is 0.482 e. The van der Waals surface area contributed by atoms with E-state index in [0.29, 0.717) is 15.9 Å². The second kappa shape index (κ2) is 5.87. The van der Waals surface area contributed by atoms with Gasteiger partial charge in [-0.15, -0.1) is 0 Å². The van der Waals surface area contributed by atoms with Crippen LogP contribution in [0.3, 0.4) is 0 Å². The van der Waals surface area contributed by atoms with E-state index < -0.39 is 4.92 Å². The number of hydrogen-bond donors (Lipinski definition) is 1. The van der Waals surface area contributed by atoms with Crippen molar-refractivity contribution in [3.63, 3.8) is 0 Å². The molecular formula is C13H12BrN3O3. The van der Waals surface area contributed by atoms with E-state index in [2.05, 4.69) is 20.9 Å². The predicted octanol–water partition coefficient (Wildman–Crippen LogP) is 3.22. The molecule has 0 amide bonds. The summed E-state index contributed by atoms with van der Waals surface area (Å²) in [5, 5.41) is 11.1. The van der Waals surface area contributed by atoms with Crippen LogP contribution in [0.5, 0.6) is 5.75 Å². The lowest BCUT2D eigenvalue weighted by Crippen LogP contribution is -2.02. The minimum absolute atomic E-state index is 0.0692. The van der Waals surface area contributed by atoms with E-state index in [1.807, 2.05) is 0 Å². The lowest BCUT2D eigenvalue weighted by atomic mass is 10.2. The van der Waals surface area contributed by atoms with Gasteiger partial charge in [0.15, 0.2) is 5.75 Å². The van der Waals surface area contributed by atoms with E-state index in [-0.39, 0.29) is 18.0 Å². The van der Waals surface area contributed by atoms with E-state index in [4.69, 9.17) is 10.5 Å². The molecule has 20 heavy (non-hydrogen) atoms. The summed E-state index contributed by atoms with van der Waals surface area (Å²) in [6, 6.07) is 6.61. The van der Waals surface area contributed by atoms with Crippen molar-refractivity contribution in [1.82, 2.24) is 4.98 Å². The molecule has 0 spiro atoms. The van der Waals surface area contributed by atoms with Crippen LogP contribution in [0.25, 0.3) is 0 Å². The van der Waals surface area contributed by atoms with Crippen molar-refractivity contribution < 1.29 is 9.66 Å². The summed E-state index contributed by atoms with van der Waals surface area (Å²) in [7, 11) is 0. The number of halogens is 1. The summed E-state index contributed by atoms with van der Waals surface area (Å²) in [6.07, 6.45) is 1.58. The lowest BCUT2D eigenvalue weighted by Gasteiger charge is -2.10. The maximum atomic E-state index is 11.1. The molecule has 2 N–H and O–H groups in total. The van der Waals surface area contributed by atoms with Crippen LogP contribution >= 0.6 is 15.9 Å². The molecule has 0 aliphatic carbocycles. The van der Waals surface area contributed by atoms with Crippen LogP contribution in [-0.2, 0) is 6.61 Å². The van der Waals surface area contributed by atoms with E-state index >= 15 is 0 Å². The number of pyridine rings is 1. The van der Waals surface area contributed by atoms with Crippen LogP contribution in [0.2, 0.25) is 0 Å². The molecule has 6 nitrogen and oxygen atoms in total. The molecule has 0 radical (unpaired) electrons. The Morgan fingerprint density at radius 2 is 2.20 bits per heavy atom. The summed E-state index contributed by atoms with van der Waals surface area (Å²) in [5.74, 6) is 0.676. The zero-order valence-corrected chi connectivity index (χ0v) is 12.3. The fourth-order valence-corrected chi connectivity index (χ4v) is 2.27. The van der Waals surface area contributed by atoms with Gasteiger partial charge in [-0.2, -0.15) is 0 Å². The van der Waals surface area contributed by atoms with E-state index in [1.165, 1.54) is 6.07 Å². The normalized spacial score (nSPS) is 10.3. The Morgan fingerprint density at radius 3 is 2.80 bits per heavy atom. The highest BCUT2D eigenvalue weighted by molar-refractivity contribution is 9.10. The molecule has 104 valence electrons. The number of nitrogens with zero attached hydrogens (tertiary/aromatic N) is 2. The number of nitro benzene ring substituents is 1. The minimum atomic E-state index is -0.464. The first-order valence-corrected chi connectivity index (χ1v) is 6.54.